The van der Waals surface area contributed by atoms with Crippen LogP contribution in [0.2, 0.25) is 0 Å². The van der Waals surface area contributed by atoms with Crippen molar-refractivity contribution in [3.05, 3.63) is 0 Å². The van der Waals surface area contributed by atoms with Gasteiger partial charge < -0.3 is 15.3 Å². The Bertz CT molecular complexity index is 377. The monoisotopic (exact) mass is 268 g/mol. The number of hydrogen-bond donors (Lipinski definition) is 2. The predicted octanol–water partition coefficient (Wildman–Crippen LogP) is 1.09. The summed E-state index contributed by atoms with van der Waals surface area (Å²) in [7, 11) is 0. The molecule has 19 heavy (non-hydrogen) atoms. The van der Waals surface area contributed by atoms with Gasteiger partial charge in [-0.2, -0.15) is 0 Å². The number of rotatable bonds is 3. The van der Waals surface area contributed by atoms with Gasteiger partial charge in [0.25, 0.3) is 0 Å². The number of carboxylic acid groups (broad SMARTS) is 1. The lowest BCUT2D eigenvalue weighted by molar-refractivity contribution is -0.156. The zero-order valence-corrected chi connectivity index (χ0v) is 11.9. The molecule has 2 unspecified atom stereocenters. The van der Waals surface area contributed by atoms with Crippen molar-refractivity contribution in [2.75, 3.05) is 26.2 Å². The molecule has 5 heteroatoms. The van der Waals surface area contributed by atoms with E-state index in [1.54, 1.807) is 11.8 Å². The van der Waals surface area contributed by atoms with Crippen LogP contribution in [0.5, 0.6) is 0 Å². The minimum atomic E-state index is -0.792. The van der Waals surface area contributed by atoms with Crippen LogP contribution in [0.3, 0.4) is 0 Å². The SMILES string of the molecule is CCC1(C(=O)N2CCCC(C)(C(=O)O)C2)CCNC1. The van der Waals surface area contributed by atoms with Gasteiger partial charge in [0, 0.05) is 19.6 Å². The standard InChI is InChI=1S/C14H24N2O3/c1-3-14(6-7-15-9-14)11(17)16-8-4-5-13(2,10-16)12(18)19/h15H,3-10H2,1-2H3,(H,18,19). The van der Waals surface area contributed by atoms with Gasteiger partial charge in [0.2, 0.25) is 5.91 Å². The molecule has 2 aliphatic rings. The number of piperidine rings is 1. The van der Waals surface area contributed by atoms with E-state index in [0.717, 1.165) is 32.4 Å². The Morgan fingerprint density at radius 1 is 1.37 bits per heavy atom. The average molecular weight is 268 g/mol. The van der Waals surface area contributed by atoms with Crippen molar-refractivity contribution < 1.29 is 14.7 Å². The Balaban J connectivity index is 2.13. The number of hydrogen-bond acceptors (Lipinski definition) is 3. The molecule has 0 aromatic carbocycles. The lowest BCUT2D eigenvalue weighted by Crippen LogP contribution is -2.53. The molecule has 0 radical (unpaired) electrons. The molecule has 2 N–H and O–H groups in total. The van der Waals surface area contributed by atoms with Gasteiger partial charge in [0.1, 0.15) is 0 Å². The van der Waals surface area contributed by atoms with Crippen molar-refractivity contribution in [3.8, 4) is 0 Å². The fraction of sp³-hybridized carbons (Fsp3) is 0.857. The molecule has 2 fully saturated rings. The third-order valence-corrected chi connectivity index (χ3v) is 4.87. The van der Waals surface area contributed by atoms with Crippen LogP contribution in [-0.2, 0) is 9.59 Å². The van der Waals surface area contributed by atoms with Gasteiger partial charge in [-0.25, -0.2) is 0 Å². The normalized spacial score (nSPS) is 35.4. The lowest BCUT2D eigenvalue weighted by atomic mass is 9.78. The molecule has 2 atom stereocenters. The summed E-state index contributed by atoms with van der Waals surface area (Å²) in [6.07, 6.45) is 3.12. The minimum Gasteiger partial charge on any atom is -0.481 e. The summed E-state index contributed by atoms with van der Waals surface area (Å²) >= 11 is 0. The molecule has 2 saturated heterocycles. The van der Waals surface area contributed by atoms with Crippen molar-refractivity contribution in [1.82, 2.24) is 10.2 Å². The molecule has 0 aromatic heterocycles. The largest absolute Gasteiger partial charge is 0.481 e. The highest BCUT2D eigenvalue weighted by Crippen LogP contribution is 2.36. The van der Waals surface area contributed by atoms with Crippen LogP contribution in [0.25, 0.3) is 0 Å². The van der Waals surface area contributed by atoms with Crippen molar-refractivity contribution >= 4 is 11.9 Å². The van der Waals surface area contributed by atoms with Gasteiger partial charge >= 0.3 is 5.97 Å². The lowest BCUT2D eigenvalue weighted by Gasteiger charge is -2.41. The molecule has 2 aliphatic heterocycles. The molecular formula is C14H24N2O3. The van der Waals surface area contributed by atoms with Crippen LogP contribution in [0.15, 0.2) is 0 Å². The predicted molar refractivity (Wildman–Crippen MR) is 71.8 cm³/mol. The van der Waals surface area contributed by atoms with Crippen molar-refractivity contribution in [1.29, 1.82) is 0 Å². The number of carbonyl (C=O) groups is 2. The zero-order valence-electron chi connectivity index (χ0n) is 11.9. The quantitative estimate of drug-likeness (QED) is 0.804. The van der Waals surface area contributed by atoms with Gasteiger partial charge in [0.15, 0.2) is 0 Å². The van der Waals surface area contributed by atoms with Crippen molar-refractivity contribution in [2.24, 2.45) is 10.8 Å². The molecule has 2 heterocycles. The maximum Gasteiger partial charge on any atom is 0.311 e. The third kappa shape index (κ3) is 2.48. The first kappa shape index (κ1) is 14.3. The Morgan fingerprint density at radius 3 is 2.63 bits per heavy atom. The van der Waals surface area contributed by atoms with Crippen LogP contribution in [0.4, 0.5) is 0 Å². The van der Waals surface area contributed by atoms with Crippen molar-refractivity contribution in [3.63, 3.8) is 0 Å². The van der Waals surface area contributed by atoms with Crippen LogP contribution < -0.4 is 5.32 Å². The van der Waals surface area contributed by atoms with Gasteiger partial charge in [-0.05, 0) is 39.2 Å². The summed E-state index contributed by atoms with van der Waals surface area (Å²) in [5.74, 6) is -0.646. The van der Waals surface area contributed by atoms with Gasteiger partial charge in [-0.15, -0.1) is 0 Å². The van der Waals surface area contributed by atoms with E-state index in [1.165, 1.54) is 0 Å². The molecule has 0 aliphatic carbocycles. The minimum absolute atomic E-state index is 0.146. The highest BCUT2D eigenvalue weighted by molar-refractivity contribution is 5.84. The summed E-state index contributed by atoms with van der Waals surface area (Å²) in [5.41, 5.74) is -1.09. The Hall–Kier alpha value is -1.10. The van der Waals surface area contributed by atoms with Crippen LogP contribution in [0, 0.1) is 10.8 Å². The highest BCUT2D eigenvalue weighted by Gasteiger charge is 2.46. The van der Waals surface area contributed by atoms with E-state index in [0.29, 0.717) is 19.5 Å². The molecule has 0 bridgehead atoms. The topological polar surface area (TPSA) is 69.6 Å². The Kier molecular flexibility index (Phi) is 3.85. The number of carboxylic acids is 1. The first-order valence-electron chi connectivity index (χ1n) is 7.17. The molecule has 1 amide bonds. The van der Waals surface area contributed by atoms with Gasteiger partial charge in [-0.3, -0.25) is 9.59 Å². The zero-order chi connectivity index (χ0) is 14.1. The molecular weight excluding hydrogens is 244 g/mol. The van der Waals surface area contributed by atoms with Crippen LogP contribution in [0.1, 0.15) is 39.5 Å². The summed E-state index contributed by atoms with van der Waals surface area (Å²) in [4.78, 5) is 25.9. The van der Waals surface area contributed by atoms with E-state index < -0.39 is 11.4 Å². The average Bonchev–Trinajstić information content (AvgIpc) is 2.87. The maximum absolute atomic E-state index is 12.8. The third-order valence-electron chi connectivity index (χ3n) is 4.87. The number of aliphatic carboxylic acids is 1. The smallest absolute Gasteiger partial charge is 0.311 e. The van der Waals surface area contributed by atoms with Gasteiger partial charge in [0.05, 0.1) is 10.8 Å². The first-order valence-corrected chi connectivity index (χ1v) is 7.17. The van der Waals surface area contributed by atoms with E-state index in [2.05, 4.69) is 5.32 Å². The number of carbonyl (C=O) groups excluding carboxylic acids is 1. The van der Waals surface area contributed by atoms with E-state index in [-0.39, 0.29) is 11.3 Å². The molecule has 108 valence electrons. The molecule has 0 spiro atoms. The second kappa shape index (κ2) is 5.12. The van der Waals surface area contributed by atoms with E-state index in [1.807, 2.05) is 6.92 Å². The van der Waals surface area contributed by atoms with Crippen LogP contribution >= 0.6 is 0 Å². The second-order valence-corrected chi connectivity index (χ2v) is 6.26. The Labute approximate surface area is 114 Å². The molecule has 2 rings (SSSR count). The fourth-order valence-corrected chi connectivity index (χ4v) is 3.30. The number of nitrogens with one attached hydrogen (secondary N) is 1. The maximum atomic E-state index is 12.8. The first-order chi connectivity index (χ1) is 8.93. The number of nitrogens with zero attached hydrogens (tertiary/aromatic N) is 1. The molecule has 5 nitrogen and oxygen atoms in total. The summed E-state index contributed by atoms with van der Waals surface area (Å²) < 4.78 is 0. The van der Waals surface area contributed by atoms with Gasteiger partial charge in [-0.1, -0.05) is 6.92 Å². The number of likely N-dealkylation sites (tertiary alicyclic amines) is 1. The Morgan fingerprint density at radius 2 is 2.11 bits per heavy atom. The summed E-state index contributed by atoms with van der Waals surface area (Å²) in [6.45, 7) is 6.45. The van der Waals surface area contributed by atoms with Crippen LogP contribution in [-0.4, -0.2) is 48.1 Å². The van der Waals surface area contributed by atoms with E-state index in [4.69, 9.17) is 0 Å². The number of amides is 1. The fourth-order valence-electron chi connectivity index (χ4n) is 3.30. The second-order valence-electron chi connectivity index (χ2n) is 6.26. The molecule has 0 aromatic rings. The summed E-state index contributed by atoms with van der Waals surface area (Å²) in [6, 6.07) is 0. The van der Waals surface area contributed by atoms with E-state index in [9.17, 15) is 14.7 Å². The van der Waals surface area contributed by atoms with E-state index >= 15 is 0 Å². The van der Waals surface area contributed by atoms with Crippen molar-refractivity contribution in [2.45, 2.75) is 39.5 Å². The molecule has 0 saturated carbocycles. The summed E-state index contributed by atoms with van der Waals surface area (Å²) in [5, 5.41) is 12.6. The highest BCUT2D eigenvalue weighted by atomic mass is 16.4.